The summed E-state index contributed by atoms with van der Waals surface area (Å²) in [6.45, 7) is 4.55. The standard InChI is InChI=1S/C12H18N4O2/c1-5-16-9(6-7-13-16)11(17)10-8(2)14-15(3)12(10)18-4/h6-7,11,17H,5H2,1-4H3. The fourth-order valence-electron chi connectivity index (χ4n) is 2.20. The molecule has 0 amide bonds. The number of hydrogen-bond donors (Lipinski definition) is 1. The van der Waals surface area contributed by atoms with Crippen molar-refractivity contribution in [1.29, 1.82) is 0 Å². The first-order valence-electron chi connectivity index (χ1n) is 5.87. The molecule has 0 fully saturated rings. The number of ether oxygens (including phenoxy) is 1. The number of aromatic nitrogens is 4. The summed E-state index contributed by atoms with van der Waals surface area (Å²) in [5.41, 5.74) is 2.19. The monoisotopic (exact) mass is 250 g/mol. The second-order valence-electron chi connectivity index (χ2n) is 4.11. The van der Waals surface area contributed by atoms with Crippen molar-refractivity contribution < 1.29 is 9.84 Å². The summed E-state index contributed by atoms with van der Waals surface area (Å²) < 4.78 is 8.69. The topological polar surface area (TPSA) is 65.1 Å². The molecule has 0 saturated heterocycles. The van der Waals surface area contributed by atoms with E-state index in [1.165, 1.54) is 0 Å². The summed E-state index contributed by atoms with van der Waals surface area (Å²) >= 11 is 0. The van der Waals surface area contributed by atoms with Gasteiger partial charge in [0.25, 0.3) is 0 Å². The molecule has 0 saturated carbocycles. The van der Waals surface area contributed by atoms with E-state index >= 15 is 0 Å². The van der Waals surface area contributed by atoms with Crippen LogP contribution in [0.15, 0.2) is 12.3 Å². The molecular formula is C12H18N4O2. The highest BCUT2D eigenvalue weighted by Crippen LogP contribution is 2.32. The minimum atomic E-state index is -0.781. The van der Waals surface area contributed by atoms with Crippen LogP contribution in [0.5, 0.6) is 5.88 Å². The predicted octanol–water partition coefficient (Wildman–Crippen LogP) is 1.04. The Balaban J connectivity index is 2.49. The number of methoxy groups -OCH3 is 1. The Morgan fingerprint density at radius 2 is 2.22 bits per heavy atom. The lowest BCUT2D eigenvalue weighted by molar-refractivity contribution is 0.201. The Labute approximate surface area is 106 Å². The van der Waals surface area contributed by atoms with Crippen molar-refractivity contribution in [3.63, 3.8) is 0 Å². The number of rotatable bonds is 4. The fraction of sp³-hybridized carbons (Fsp3) is 0.500. The van der Waals surface area contributed by atoms with Gasteiger partial charge in [0, 0.05) is 19.8 Å². The van der Waals surface area contributed by atoms with Crippen LogP contribution in [0.1, 0.15) is 30.0 Å². The van der Waals surface area contributed by atoms with Gasteiger partial charge in [0.2, 0.25) is 5.88 Å². The van der Waals surface area contributed by atoms with Gasteiger partial charge in [0.05, 0.1) is 24.1 Å². The van der Waals surface area contributed by atoms with Gasteiger partial charge in [-0.15, -0.1) is 0 Å². The van der Waals surface area contributed by atoms with Gasteiger partial charge in [0.15, 0.2) is 0 Å². The molecule has 0 bridgehead atoms. The number of nitrogens with zero attached hydrogens (tertiary/aromatic N) is 4. The van der Waals surface area contributed by atoms with Gasteiger partial charge in [-0.3, -0.25) is 4.68 Å². The maximum atomic E-state index is 10.5. The minimum absolute atomic E-state index is 0.573. The van der Waals surface area contributed by atoms with Gasteiger partial charge in [-0.2, -0.15) is 10.2 Å². The molecule has 2 heterocycles. The van der Waals surface area contributed by atoms with Crippen LogP contribution in [0.25, 0.3) is 0 Å². The summed E-state index contributed by atoms with van der Waals surface area (Å²) in [6.07, 6.45) is 0.899. The zero-order valence-electron chi connectivity index (χ0n) is 11.1. The van der Waals surface area contributed by atoms with Crippen molar-refractivity contribution in [2.24, 2.45) is 7.05 Å². The molecule has 2 aromatic heterocycles. The molecule has 0 aliphatic carbocycles. The lowest BCUT2D eigenvalue weighted by atomic mass is 10.1. The van der Waals surface area contributed by atoms with Crippen LogP contribution in [-0.2, 0) is 13.6 Å². The summed E-state index contributed by atoms with van der Waals surface area (Å²) in [5.74, 6) is 0.573. The summed E-state index contributed by atoms with van der Waals surface area (Å²) in [7, 11) is 3.36. The molecule has 0 radical (unpaired) electrons. The molecule has 0 aliphatic rings. The Bertz CT molecular complexity index is 544. The van der Waals surface area contributed by atoms with Crippen molar-refractivity contribution in [3.05, 3.63) is 29.2 Å². The zero-order valence-corrected chi connectivity index (χ0v) is 11.1. The first-order chi connectivity index (χ1) is 8.60. The zero-order chi connectivity index (χ0) is 13.3. The third kappa shape index (κ3) is 1.88. The molecule has 0 spiro atoms. The van der Waals surface area contributed by atoms with E-state index < -0.39 is 6.10 Å². The van der Waals surface area contributed by atoms with Crippen molar-refractivity contribution in [2.45, 2.75) is 26.5 Å². The van der Waals surface area contributed by atoms with Crippen LogP contribution in [0.2, 0.25) is 0 Å². The quantitative estimate of drug-likeness (QED) is 0.880. The van der Waals surface area contributed by atoms with Gasteiger partial charge in [-0.1, -0.05) is 0 Å². The summed E-state index contributed by atoms with van der Waals surface area (Å²) in [4.78, 5) is 0. The average Bonchev–Trinajstić information content (AvgIpc) is 2.92. The number of aliphatic hydroxyl groups is 1. The van der Waals surface area contributed by atoms with Crippen LogP contribution in [0.4, 0.5) is 0 Å². The highest BCUT2D eigenvalue weighted by atomic mass is 16.5. The molecule has 18 heavy (non-hydrogen) atoms. The first kappa shape index (κ1) is 12.6. The lowest BCUT2D eigenvalue weighted by Gasteiger charge is -2.13. The second kappa shape index (κ2) is 4.81. The van der Waals surface area contributed by atoms with Crippen molar-refractivity contribution in [1.82, 2.24) is 19.6 Å². The highest BCUT2D eigenvalue weighted by molar-refractivity contribution is 5.37. The molecule has 2 aromatic rings. The van der Waals surface area contributed by atoms with Crippen molar-refractivity contribution in [3.8, 4) is 5.88 Å². The van der Waals surface area contributed by atoms with E-state index in [1.54, 1.807) is 35.8 Å². The molecule has 6 heteroatoms. The molecule has 1 unspecified atom stereocenters. The largest absolute Gasteiger partial charge is 0.481 e. The van der Waals surface area contributed by atoms with Crippen LogP contribution < -0.4 is 4.74 Å². The van der Waals surface area contributed by atoms with Crippen LogP contribution in [0.3, 0.4) is 0 Å². The van der Waals surface area contributed by atoms with E-state index in [4.69, 9.17) is 4.74 Å². The Kier molecular flexibility index (Phi) is 3.38. The van der Waals surface area contributed by atoms with Gasteiger partial charge in [-0.25, -0.2) is 4.68 Å². The van der Waals surface area contributed by atoms with E-state index in [-0.39, 0.29) is 0 Å². The van der Waals surface area contributed by atoms with Gasteiger partial charge >= 0.3 is 0 Å². The van der Waals surface area contributed by atoms with E-state index in [9.17, 15) is 5.11 Å². The SMILES string of the molecule is CCn1nccc1C(O)c1c(C)nn(C)c1OC. The molecular weight excluding hydrogens is 232 g/mol. The maximum absolute atomic E-state index is 10.5. The van der Waals surface area contributed by atoms with E-state index in [1.807, 2.05) is 13.8 Å². The van der Waals surface area contributed by atoms with E-state index in [0.29, 0.717) is 18.0 Å². The van der Waals surface area contributed by atoms with Gasteiger partial charge in [-0.05, 0) is 19.9 Å². The highest BCUT2D eigenvalue weighted by Gasteiger charge is 2.25. The van der Waals surface area contributed by atoms with Crippen LogP contribution in [-0.4, -0.2) is 31.8 Å². The van der Waals surface area contributed by atoms with Crippen molar-refractivity contribution >= 4 is 0 Å². The van der Waals surface area contributed by atoms with Gasteiger partial charge in [0.1, 0.15) is 6.10 Å². The molecule has 0 aromatic carbocycles. The minimum Gasteiger partial charge on any atom is -0.481 e. The Morgan fingerprint density at radius 3 is 2.83 bits per heavy atom. The predicted molar refractivity (Wildman–Crippen MR) is 66.5 cm³/mol. The molecule has 0 aliphatic heterocycles. The third-order valence-corrected chi connectivity index (χ3v) is 3.01. The molecule has 6 nitrogen and oxygen atoms in total. The molecule has 1 N–H and O–H groups in total. The molecule has 98 valence electrons. The lowest BCUT2D eigenvalue weighted by Crippen LogP contribution is -2.10. The Hall–Kier alpha value is -1.82. The van der Waals surface area contributed by atoms with Crippen molar-refractivity contribution in [2.75, 3.05) is 7.11 Å². The van der Waals surface area contributed by atoms with E-state index in [0.717, 1.165) is 11.4 Å². The second-order valence-corrected chi connectivity index (χ2v) is 4.11. The van der Waals surface area contributed by atoms with Crippen LogP contribution >= 0.6 is 0 Å². The molecule has 1 atom stereocenters. The first-order valence-corrected chi connectivity index (χ1v) is 5.87. The fourth-order valence-corrected chi connectivity index (χ4v) is 2.20. The maximum Gasteiger partial charge on any atom is 0.217 e. The third-order valence-electron chi connectivity index (χ3n) is 3.01. The number of aliphatic hydroxyl groups excluding tert-OH is 1. The summed E-state index contributed by atoms with van der Waals surface area (Å²) in [6, 6.07) is 1.81. The number of hydrogen-bond acceptors (Lipinski definition) is 4. The van der Waals surface area contributed by atoms with Gasteiger partial charge < -0.3 is 9.84 Å². The number of aryl methyl sites for hydroxylation is 3. The van der Waals surface area contributed by atoms with Crippen LogP contribution in [0, 0.1) is 6.92 Å². The average molecular weight is 250 g/mol. The smallest absolute Gasteiger partial charge is 0.217 e. The Morgan fingerprint density at radius 1 is 1.50 bits per heavy atom. The van der Waals surface area contributed by atoms with E-state index in [2.05, 4.69) is 10.2 Å². The molecule has 2 rings (SSSR count). The summed E-state index contributed by atoms with van der Waals surface area (Å²) in [5, 5.41) is 18.9. The normalized spacial score (nSPS) is 12.7.